The van der Waals surface area contributed by atoms with E-state index in [4.69, 9.17) is 4.74 Å². The van der Waals surface area contributed by atoms with E-state index in [1.165, 1.54) is 0 Å². The quantitative estimate of drug-likeness (QED) is 0.405. The lowest BCUT2D eigenvalue weighted by molar-refractivity contribution is -0.128. The number of halogens is 1. The van der Waals surface area contributed by atoms with Crippen molar-refractivity contribution >= 4 is 38.6 Å². The molecule has 0 saturated carbocycles. The van der Waals surface area contributed by atoms with Crippen molar-refractivity contribution in [1.29, 1.82) is 0 Å². The highest BCUT2D eigenvalue weighted by molar-refractivity contribution is 9.10. The van der Waals surface area contributed by atoms with Crippen LogP contribution in [0.15, 0.2) is 77.3 Å². The summed E-state index contributed by atoms with van der Waals surface area (Å²) in [5.74, 6) is 1.15. The number of amides is 1. The molecule has 0 aliphatic rings. The molecule has 0 aliphatic heterocycles. The molecule has 0 fully saturated rings. The molecule has 0 unspecified atom stereocenters. The van der Waals surface area contributed by atoms with E-state index in [9.17, 15) is 4.79 Å². The number of ether oxygens (including phenoxy) is 1. The van der Waals surface area contributed by atoms with Gasteiger partial charge in [-0.15, -0.1) is 0 Å². The zero-order valence-corrected chi connectivity index (χ0v) is 17.7. The van der Waals surface area contributed by atoms with Crippen molar-refractivity contribution in [2.24, 2.45) is 0 Å². The van der Waals surface area contributed by atoms with E-state index >= 15 is 0 Å². The van der Waals surface area contributed by atoms with Crippen molar-refractivity contribution in [2.45, 2.75) is 19.4 Å². The Labute approximate surface area is 177 Å². The van der Waals surface area contributed by atoms with Crippen LogP contribution in [0.5, 0.6) is 5.75 Å². The molecule has 5 nitrogen and oxygen atoms in total. The average Bonchev–Trinajstić information content (AvgIpc) is 3.14. The van der Waals surface area contributed by atoms with Gasteiger partial charge in [0, 0.05) is 15.7 Å². The normalized spacial score (nSPS) is 11.4. The van der Waals surface area contributed by atoms with E-state index in [-0.39, 0.29) is 5.91 Å². The van der Waals surface area contributed by atoms with E-state index < -0.39 is 5.60 Å². The minimum Gasteiger partial charge on any atom is -0.478 e. The van der Waals surface area contributed by atoms with Crippen LogP contribution in [0, 0.1) is 0 Å². The summed E-state index contributed by atoms with van der Waals surface area (Å²) in [5.41, 5.74) is 2.41. The number of hydrogen-bond donors (Lipinski definition) is 2. The lowest BCUT2D eigenvalue weighted by Gasteiger charge is -2.25. The Hall–Kier alpha value is -3.12. The molecule has 0 atom stereocenters. The van der Waals surface area contributed by atoms with Gasteiger partial charge in [0.1, 0.15) is 11.6 Å². The van der Waals surface area contributed by atoms with Crippen molar-refractivity contribution in [3.8, 4) is 17.1 Å². The number of benzene rings is 3. The molecule has 0 spiro atoms. The lowest BCUT2D eigenvalue weighted by atomic mass is 10.1. The summed E-state index contributed by atoms with van der Waals surface area (Å²) in [7, 11) is 0. The number of H-pyrrole nitrogens is 1. The Morgan fingerprint density at radius 3 is 2.55 bits per heavy atom. The van der Waals surface area contributed by atoms with Crippen LogP contribution in [-0.4, -0.2) is 21.5 Å². The second kappa shape index (κ2) is 7.72. The van der Waals surface area contributed by atoms with Crippen LogP contribution in [0.3, 0.4) is 0 Å². The SMILES string of the molecule is CC(C)(Oc1ccc(Br)cc1)C(=O)Nc1cccc(-c2nc3ccccc3[nH]2)c1. The van der Waals surface area contributed by atoms with Gasteiger partial charge in [0.25, 0.3) is 5.91 Å². The molecule has 2 N–H and O–H groups in total. The first-order valence-corrected chi connectivity index (χ1v) is 10.0. The third kappa shape index (κ3) is 4.32. The number of aromatic nitrogens is 2. The van der Waals surface area contributed by atoms with Gasteiger partial charge in [0.2, 0.25) is 0 Å². The zero-order chi connectivity index (χ0) is 20.4. The standard InChI is InChI=1S/C23H20BrN3O2/c1-23(2,29-18-12-10-16(24)11-13-18)22(28)25-17-7-5-6-15(14-17)21-26-19-8-3-4-9-20(19)27-21/h3-14H,1-2H3,(H,25,28)(H,26,27). The molecule has 0 bridgehead atoms. The van der Waals surface area contributed by atoms with Crippen molar-refractivity contribution in [1.82, 2.24) is 9.97 Å². The van der Waals surface area contributed by atoms with Gasteiger partial charge in [0.15, 0.2) is 5.60 Å². The highest BCUT2D eigenvalue weighted by Gasteiger charge is 2.30. The Kier molecular flexibility index (Phi) is 5.11. The van der Waals surface area contributed by atoms with Crippen LogP contribution in [0.2, 0.25) is 0 Å². The topological polar surface area (TPSA) is 67.0 Å². The molecule has 29 heavy (non-hydrogen) atoms. The largest absolute Gasteiger partial charge is 0.478 e. The molecule has 0 saturated heterocycles. The molecule has 6 heteroatoms. The zero-order valence-electron chi connectivity index (χ0n) is 16.1. The highest BCUT2D eigenvalue weighted by Crippen LogP contribution is 2.25. The number of anilines is 1. The third-order valence-electron chi connectivity index (χ3n) is 4.52. The molecule has 1 amide bonds. The predicted molar refractivity (Wildman–Crippen MR) is 119 cm³/mol. The number of nitrogens with one attached hydrogen (secondary N) is 2. The first-order valence-electron chi connectivity index (χ1n) is 9.22. The summed E-state index contributed by atoms with van der Waals surface area (Å²) in [4.78, 5) is 20.8. The van der Waals surface area contributed by atoms with Crippen LogP contribution in [0.25, 0.3) is 22.4 Å². The Morgan fingerprint density at radius 1 is 1.03 bits per heavy atom. The van der Waals surface area contributed by atoms with Crippen molar-refractivity contribution in [2.75, 3.05) is 5.32 Å². The highest BCUT2D eigenvalue weighted by atomic mass is 79.9. The minimum atomic E-state index is -1.04. The molecule has 4 aromatic rings. The number of aromatic amines is 1. The van der Waals surface area contributed by atoms with Crippen LogP contribution in [-0.2, 0) is 4.79 Å². The maximum Gasteiger partial charge on any atom is 0.267 e. The number of fused-ring (bicyclic) bond motifs is 1. The first-order chi connectivity index (χ1) is 13.9. The van der Waals surface area contributed by atoms with Crippen molar-refractivity contribution < 1.29 is 9.53 Å². The van der Waals surface area contributed by atoms with Crippen LogP contribution < -0.4 is 10.1 Å². The summed E-state index contributed by atoms with van der Waals surface area (Å²) in [6, 6.07) is 22.8. The molecule has 4 rings (SSSR count). The summed E-state index contributed by atoms with van der Waals surface area (Å²) in [6.07, 6.45) is 0. The smallest absolute Gasteiger partial charge is 0.267 e. The van der Waals surface area contributed by atoms with Crippen molar-refractivity contribution in [3.63, 3.8) is 0 Å². The Morgan fingerprint density at radius 2 is 1.79 bits per heavy atom. The fraction of sp³-hybridized carbons (Fsp3) is 0.130. The average molecular weight is 450 g/mol. The van der Waals surface area contributed by atoms with Gasteiger partial charge in [-0.25, -0.2) is 4.98 Å². The maximum atomic E-state index is 12.8. The Bertz CT molecular complexity index is 1130. The van der Waals surface area contributed by atoms with E-state index in [0.717, 1.165) is 26.9 Å². The van der Waals surface area contributed by atoms with Gasteiger partial charge < -0.3 is 15.0 Å². The number of carbonyl (C=O) groups excluding carboxylic acids is 1. The van der Waals surface area contributed by atoms with E-state index in [1.807, 2.05) is 72.8 Å². The van der Waals surface area contributed by atoms with Crippen molar-refractivity contribution in [3.05, 3.63) is 77.3 Å². The monoisotopic (exact) mass is 449 g/mol. The fourth-order valence-corrected chi connectivity index (χ4v) is 3.22. The summed E-state index contributed by atoms with van der Waals surface area (Å²) >= 11 is 3.39. The van der Waals surface area contributed by atoms with E-state index in [1.54, 1.807) is 13.8 Å². The van der Waals surface area contributed by atoms with Gasteiger partial charge >= 0.3 is 0 Å². The molecule has 1 heterocycles. The number of carbonyl (C=O) groups is 1. The second-order valence-electron chi connectivity index (χ2n) is 7.20. The number of para-hydroxylation sites is 2. The van der Waals surface area contributed by atoms with Crippen LogP contribution >= 0.6 is 15.9 Å². The molecule has 0 radical (unpaired) electrons. The molecular formula is C23H20BrN3O2. The number of imidazole rings is 1. The summed E-state index contributed by atoms with van der Waals surface area (Å²) in [6.45, 7) is 3.49. The van der Waals surface area contributed by atoms with E-state index in [2.05, 4.69) is 31.2 Å². The van der Waals surface area contributed by atoms with Crippen LogP contribution in [0.4, 0.5) is 5.69 Å². The number of nitrogens with zero attached hydrogens (tertiary/aromatic N) is 1. The maximum absolute atomic E-state index is 12.8. The molecule has 3 aromatic carbocycles. The molecule has 146 valence electrons. The summed E-state index contributed by atoms with van der Waals surface area (Å²) in [5, 5.41) is 2.94. The summed E-state index contributed by atoms with van der Waals surface area (Å²) < 4.78 is 6.85. The van der Waals surface area contributed by atoms with E-state index in [0.29, 0.717) is 11.4 Å². The van der Waals surface area contributed by atoms with Crippen LogP contribution in [0.1, 0.15) is 13.8 Å². The predicted octanol–water partition coefficient (Wildman–Crippen LogP) is 5.79. The first kappa shape index (κ1) is 19.2. The van der Waals surface area contributed by atoms with Gasteiger partial charge in [-0.1, -0.05) is 40.2 Å². The van der Waals surface area contributed by atoms with Gasteiger partial charge in [-0.3, -0.25) is 4.79 Å². The fourth-order valence-electron chi connectivity index (χ4n) is 2.96. The lowest BCUT2D eigenvalue weighted by Crippen LogP contribution is -2.42. The minimum absolute atomic E-state index is 0.234. The second-order valence-corrected chi connectivity index (χ2v) is 8.12. The molecule has 1 aromatic heterocycles. The van der Waals surface area contributed by atoms with Gasteiger partial charge in [0.05, 0.1) is 11.0 Å². The van der Waals surface area contributed by atoms with Gasteiger partial charge in [-0.2, -0.15) is 0 Å². The van der Waals surface area contributed by atoms with Gasteiger partial charge in [-0.05, 0) is 62.4 Å². The molecule has 0 aliphatic carbocycles. The third-order valence-corrected chi connectivity index (χ3v) is 5.05. The molecular weight excluding hydrogens is 430 g/mol. The number of hydrogen-bond acceptors (Lipinski definition) is 3. The Balaban J connectivity index is 1.52. The number of rotatable bonds is 5.